The normalized spacial score (nSPS) is 8.74. The maximum atomic E-state index is 5.31. The molecule has 0 atom stereocenters. The summed E-state index contributed by atoms with van der Waals surface area (Å²) in [5.74, 6) is 0.917. The average Bonchev–Trinajstić information content (AvgIpc) is 2.47. The molecule has 1 aromatic carbocycles. The van der Waals surface area contributed by atoms with Gasteiger partial charge >= 0.3 is 0 Å². The highest BCUT2D eigenvalue weighted by atomic mass is 16.5. The number of ether oxygens (including phenoxy) is 1. The first-order valence-corrected chi connectivity index (χ1v) is 7.55. The van der Waals surface area contributed by atoms with E-state index in [1.807, 2.05) is 38.1 Å². The number of hydrogen-bond acceptors (Lipinski definition) is 2. The van der Waals surface area contributed by atoms with Crippen LogP contribution in [0.15, 0.2) is 24.3 Å². The van der Waals surface area contributed by atoms with Crippen molar-refractivity contribution in [1.29, 1.82) is 0 Å². The molecule has 19 heavy (non-hydrogen) atoms. The Kier molecular flexibility index (Phi) is 18.1. The third-order valence-electron chi connectivity index (χ3n) is 2.56. The van der Waals surface area contributed by atoms with Crippen molar-refractivity contribution >= 4 is 0 Å². The van der Waals surface area contributed by atoms with Gasteiger partial charge in [0.25, 0.3) is 0 Å². The molecule has 1 aromatic rings. The molecule has 0 aliphatic rings. The lowest BCUT2D eigenvalue weighted by Gasteiger charge is -1.97. The summed E-state index contributed by atoms with van der Waals surface area (Å²) in [6.45, 7) is 9.14. The fraction of sp³-hybridized carbons (Fsp3) is 0.647. The molecule has 0 aliphatic heterocycles. The highest BCUT2D eigenvalue weighted by molar-refractivity contribution is 5.25. The molecule has 0 bridgehead atoms. The molecular formula is C17H33NO. The van der Waals surface area contributed by atoms with Crippen LogP contribution >= 0.6 is 0 Å². The molecule has 2 N–H and O–H groups in total. The number of nitrogens with two attached hydrogens (primary N) is 1. The zero-order valence-corrected chi connectivity index (χ0v) is 13.5. The van der Waals surface area contributed by atoms with Crippen molar-refractivity contribution in [2.75, 3.05) is 13.7 Å². The van der Waals surface area contributed by atoms with Gasteiger partial charge in [-0.15, -0.1) is 0 Å². The van der Waals surface area contributed by atoms with E-state index in [9.17, 15) is 0 Å². The highest BCUT2D eigenvalue weighted by Crippen LogP contribution is 2.09. The summed E-state index contributed by atoms with van der Waals surface area (Å²) >= 11 is 0. The quantitative estimate of drug-likeness (QED) is 0.740. The first kappa shape index (κ1) is 20.3. The van der Waals surface area contributed by atoms with Crippen molar-refractivity contribution in [3.8, 4) is 5.75 Å². The van der Waals surface area contributed by atoms with Crippen molar-refractivity contribution in [3.63, 3.8) is 0 Å². The molecule has 0 aromatic heterocycles. The summed E-state index contributed by atoms with van der Waals surface area (Å²) in [7, 11) is 1.67. The van der Waals surface area contributed by atoms with Gasteiger partial charge in [0.1, 0.15) is 5.75 Å². The lowest BCUT2D eigenvalue weighted by atomic mass is 10.2. The predicted molar refractivity (Wildman–Crippen MR) is 86.9 cm³/mol. The standard InChI is InChI=1S/C8H10O.C7H17N.C2H6/c1-7-3-5-8(9-2)6-4-7;1-2-3-4-5-6-7-8;1-2/h3-6H,1-2H3;2-8H2,1H3;1-2H3. The van der Waals surface area contributed by atoms with Gasteiger partial charge in [-0.1, -0.05) is 64.2 Å². The number of hydrogen-bond donors (Lipinski definition) is 1. The highest BCUT2D eigenvalue weighted by Gasteiger charge is 1.85. The van der Waals surface area contributed by atoms with Crippen LogP contribution in [-0.2, 0) is 0 Å². The van der Waals surface area contributed by atoms with Crippen LogP contribution in [0, 0.1) is 6.92 Å². The van der Waals surface area contributed by atoms with Gasteiger partial charge in [-0.3, -0.25) is 0 Å². The van der Waals surface area contributed by atoms with E-state index in [1.54, 1.807) is 7.11 Å². The van der Waals surface area contributed by atoms with Crippen LogP contribution in [0.1, 0.15) is 58.4 Å². The lowest BCUT2D eigenvalue weighted by Crippen LogP contribution is -1.97. The van der Waals surface area contributed by atoms with Gasteiger partial charge in [0.2, 0.25) is 0 Å². The van der Waals surface area contributed by atoms with E-state index in [1.165, 1.54) is 37.7 Å². The summed E-state index contributed by atoms with van der Waals surface area (Å²) in [5.41, 5.74) is 6.57. The van der Waals surface area contributed by atoms with Crippen molar-refractivity contribution in [2.24, 2.45) is 5.73 Å². The zero-order chi connectivity index (χ0) is 14.9. The van der Waals surface area contributed by atoms with Gasteiger partial charge in [-0.2, -0.15) is 0 Å². The molecule has 112 valence electrons. The molecule has 0 amide bonds. The molecule has 0 saturated heterocycles. The number of methoxy groups -OCH3 is 1. The van der Waals surface area contributed by atoms with E-state index >= 15 is 0 Å². The van der Waals surface area contributed by atoms with E-state index in [0.29, 0.717) is 0 Å². The summed E-state index contributed by atoms with van der Waals surface area (Å²) in [6, 6.07) is 7.96. The number of unbranched alkanes of at least 4 members (excludes halogenated alkanes) is 4. The maximum absolute atomic E-state index is 5.31. The van der Waals surface area contributed by atoms with Crippen LogP contribution < -0.4 is 10.5 Å². The van der Waals surface area contributed by atoms with E-state index in [2.05, 4.69) is 13.8 Å². The van der Waals surface area contributed by atoms with Gasteiger partial charge in [-0.25, -0.2) is 0 Å². The minimum absolute atomic E-state index is 0.865. The Bertz CT molecular complexity index is 250. The lowest BCUT2D eigenvalue weighted by molar-refractivity contribution is 0.414. The molecule has 2 nitrogen and oxygen atoms in total. The summed E-state index contributed by atoms with van der Waals surface area (Å²) in [4.78, 5) is 0. The third kappa shape index (κ3) is 14.9. The Labute approximate surface area is 120 Å². The average molecular weight is 267 g/mol. The molecule has 1 rings (SSSR count). The Morgan fingerprint density at radius 1 is 0.947 bits per heavy atom. The maximum Gasteiger partial charge on any atom is 0.118 e. The Morgan fingerprint density at radius 3 is 1.89 bits per heavy atom. The van der Waals surface area contributed by atoms with Gasteiger partial charge in [0.15, 0.2) is 0 Å². The molecule has 2 heteroatoms. The van der Waals surface area contributed by atoms with Crippen LogP contribution in [0.25, 0.3) is 0 Å². The summed E-state index contributed by atoms with van der Waals surface area (Å²) < 4.78 is 4.97. The van der Waals surface area contributed by atoms with Gasteiger partial charge < -0.3 is 10.5 Å². The van der Waals surface area contributed by atoms with Crippen molar-refractivity contribution in [1.82, 2.24) is 0 Å². The molecule has 0 fully saturated rings. The van der Waals surface area contributed by atoms with Crippen molar-refractivity contribution in [3.05, 3.63) is 29.8 Å². The Hall–Kier alpha value is -1.02. The van der Waals surface area contributed by atoms with Gasteiger partial charge in [0, 0.05) is 0 Å². The van der Waals surface area contributed by atoms with E-state index in [-0.39, 0.29) is 0 Å². The van der Waals surface area contributed by atoms with E-state index < -0.39 is 0 Å². The first-order chi connectivity index (χ1) is 9.24. The van der Waals surface area contributed by atoms with E-state index in [0.717, 1.165) is 12.3 Å². The fourth-order valence-electron chi connectivity index (χ4n) is 1.42. The zero-order valence-electron chi connectivity index (χ0n) is 13.5. The summed E-state index contributed by atoms with van der Waals surface area (Å²) in [5, 5.41) is 0. The smallest absolute Gasteiger partial charge is 0.118 e. The molecule has 0 radical (unpaired) electrons. The molecule has 0 heterocycles. The van der Waals surface area contributed by atoms with Crippen LogP contribution in [0.4, 0.5) is 0 Å². The topological polar surface area (TPSA) is 35.2 Å². The Balaban J connectivity index is 0. The van der Waals surface area contributed by atoms with E-state index in [4.69, 9.17) is 10.5 Å². The number of benzene rings is 1. The second kappa shape index (κ2) is 17.0. The second-order valence-electron chi connectivity index (χ2n) is 4.22. The molecule has 0 unspecified atom stereocenters. The Morgan fingerprint density at radius 2 is 1.47 bits per heavy atom. The number of aryl methyl sites for hydroxylation is 1. The summed E-state index contributed by atoms with van der Waals surface area (Å²) in [6.07, 6.45) is 6.60. The second-order valence-corrected chi connectivity index (χ2v) is 4.22. The minimum atomic E-state index is 0.865. The molecule has 0 saturated carbocycles. The van der Waals surface area contributed by atoms with Gasteiger partial charge in [0.05, 0.1) is 7.11 Å². The molecule has 0 aliphatic carbocycles. The minimum Gasteiger partial charge on any atom is -0.497 e. The van der Waals surface area contributed by atoms with Gasteiger partial charge in [-0.05, 0) is 32.0 Å². The number of rotatable bonds is 6. The van der Waals surface area contributed by atoms with Crippen molar-refractivity contribution in [2.45, 2.75) is 59.8 Å². The van der Waals surface area contributed by atoms with Crippen LogP contribution in [-0.4, -0.2) is 13.7 Å². The fourth-order valence-corrected chi connectivity index (χ4v) is 1.42. The van der Waals surface area contributed by atoms with Crippen LogP contribution in [0.5, 0.6) is 5.75 Å². The first-order valence-electron chi connectivity index (χ1n) is 7.55. The monoisotopic (exact) mass is 267 g/mol. The van der Waals surface area contributed by atoms with Crippen LogP contribution in [0.3, 0.4) is 0 Å². The predicted octanol–water partition coefficient (Wildman–Crippen LogP) is 4.95. The molecule has 0 spiro atoms. The van der Waals surface area contributed by atoms with Crippen molar-refractivity contribution < 1.29 is 4.74 Å². The largest absolute Gasteiger partial charge is 0.497 e. The third-order valence-corrected chi connectivity index (χ3v) is 2.56. The SMILES string of the molecule is CC.CCCCCCCN.COc1ccc(C)cc1. The van der Waals surface area contributed by atoms with Crippen LogP contribution in [0.2, 0.25) is 0 Å². The molecular weight excluding hydrogens is 234 g/mol.